The first-order chi connectivity index (χ1) is 4.72. The third kappa shape index (κ3) is 1.49. The third-order valence-electron chi connectivity index (χ3n) is 2.48. The molecule has 2 nitrogen and oxygen atoms in total. The van der Waals surface area contributed by atoms with Crippen molar-refractivity contribution in [1.29, 1.82) is 0 Å². The molecule has 0 heterocycles. The Morgan fingerprint density at radius 3 is 2.40 bits per heavy atom. The minimum absolute atomic E-state index is 0.104. The molecule has 0 aromatic rings. The number of rotatable bonds is 1. The summed E-state index contributed by atoms with van der Waals surface area (Å²) in [5, 5.41) is 0. The number of carbonyl (C=O) groups is 1. The minimum atomic E-state index is -0.104. The van der Waals surface area contributed by atoms with Gasteiger partial charge in [-0.25, -0.2) is 0 Å². The molecule has 0 unspecified atom stereocenters. The summed E-state index contributed by atoms with van der Waals surface area (Å²) in [4.78, 5) is 10.8. The van der Waals surface area contributed by atoms with E-state index in [0.717, 1.165) is 6.42 Å². The number of hydrogen-bond donors (Lipinski definition) is 1. The van der Waals surface area contributed by atoms with Crippen LogP contribution in [0.25, 0.3) is 0 Å². The Bertz CT molecular complexity index is 133. The third-order valence-corrected chi connectivity index (χ3v) is 2.48. The van der Waals surface area contributed by atoms with Gasteiger partial charge in [0.15, 0.2) is 0 Å². The van der Waals surface area contributed by atoms with E-state index in [2.05, 4.69) is 6.92 Å². The molecule has 1 saturated carbocycles. The molecule has 58 valence electrons. The molecular weight excluding hydrogens is 126 g/mol. The highest BCUT2D eigenvalue weighted by molar-refractivity contribution is 5.76. The zero-order valence-corrected chi connectivity index (χ0v) is 6.47. The normalized spacial score (nSPS) is 33.7. The van der Waals surface area contributed by atoms with Gasteiger partial charge in [0.05, 0.1) is 0 Å². The topological polar surface area (TPSA) is 43.1 Å². The van der Waals surface area contributed by atoms with Gasteiger partial charge in [-0.15, -0.1) is 0 Å². The quantitative estimate of drug-likeness (QED) is 0.587. The molecule has 2 heteroatoms. The first-order valence-corrected chi connectivity index (χ1v) is 4.01. The monoisotopic (exact) mass is 141 g/mol. The number of nitrogens with two attached hydrogens (primary N) is 1. The van der Waals surface area contributed by atoms with Crippen molar-refractivity contribution in [3.8, 4) is 0 Å². The van der Waals surface area contributed by atoms with Gasteiger partial charge in [-0.2, -0.15) is 0 Å². The molecular formula is C8H15NO. The molecule has 1 aliphatic carbocycles. The van der Waals surface area contributed by atoms with Crippen molar-refractivity contribution in [3.05, 3.63) is 0 Å². The fourth-order valence-electron chi connectivity index (χ4n) is 1.74. The minimum Gasteiger partial charge on any atom is -0.369 e. The Morgan fingerprint density at radius 1 is 1.40 bits per heavy atom. The number of amides is 1. The van der Waals surface area contributed by atoms with Gasteiger partial charge in [-0.05, 0) is 18.8 Å². The van der Waals surface area contributed by atoms with Crippen molar-refractivity contribution in [1.82, 2.24) is 0 Å². The van der Waals surface area contributed by atoms with Crippen LogP contribution in [0.2, 0.25) is 0 Å². The van der Waals surface area contributed by atoms with Crippen molar-refractivity contribution >= 4 is 5.91 Å². The Hall–Kier alpha value is -0.530. The maximum absolute atomic E-state index is 10.8. The highest BCUT2D eigenvalue weighted by atomic mass is 16.1. The number of carbonyl (C=O) groups excluding carboxylic acids is 1. The molecule has 0 bridgehead atoms. The van der Waals surface area contributed by atoms with E-state index in [4.69, 9.17) is 5.73 Å². The van der Waals surface area contributed by atoms with Gasteiger partial charge in [-0.3, -0.25) is 4.79 Å². The maximum Gasteiger partial charge on any atom is 0.220 e. The zero-order chi connectivity index (χ0) is 7.56. The summed E-state index contributed by atoms with van der Waals surface area (Å²) in [5.41, 5.74) is 5.22. The van der Waals surface area contributed by atoms with Crippen LogP contribution in [-0.2, 0) is 4.79 Å². The largest absolute Gasteiger partial charge is 0.369 e. The lowest BCUT2D eigenvalue weighted by Crippen LogP contribution is -2.30. The molecule has 0 saturated heterocycles. The second-order valence-electron chi connectivity index (χ2n) is 3.27. The molecule has 0 spiro atoms. The SMILES string of the molecule is C[C@@H]1CCCC[C@H]1C(N)=O. The van der Waals surface area contributed by atoms with Gasteiger partial charge in [0, 0.05) is 5.92 Å². The highest BCUT2D eigenvalue weighted by Crippen LogP contribution is 2.28. The Morgan fingerprint density at radius 2 is 2.00 bits per heavy atom. The first-order valence-electron chi connectivity index (χ1n) is 4.01. The van der Waals surface area contributed by atoms with E-state index in [1.165, 1.54) is 19.3 Å². The summed E-state index contributed by atoms with van der Waals surface area (Å²) < 4.78 is 0. The van der Waals surface area contributed by atoms with E-state index in [1.54, 1.807) is 0 Å². The molecule has 1 fully saturated rings. The van der Waals surface area contributed by atoms with Crippen molar-refractivity contribution in [3.63, 3.8) is 0 Å². The second-order valence-corrected chi connectivity index (χ2v) is 3.27. The van der Waals surface area contributed by atoms with Crippen LogP contribution in [0.4, 0.5) is 0 Å². The summed E-state index contributed by atoms with van der Waals surface area (Å²) in [6.45, 7) is 2.12. The van der Waals surface area contributed by atoms with Gasteiger partial charge >= 0.3 is 0 Å². The van der Waals surface area contributed by atoms with Gasteiger partial charge in [0.1, 0.15) is 0 Å². The fraction of sp³-hybridized carbons (Fsp3) is 0.875. The van der Waals surface area contributed by atoms with Crippen molar-refractivity contribution in [2.24, 2.45) is 17.6 Å². The molecule has 0 aliphatic heterocycles. The molecule has 0 radical (unpaired) electrons. The Kier molecular flexibility index (Phi) is 2.30. The number of primary amides is 1. The van der Waals surface area contributed by atoms with E-state index >= 15 is 0 Å². The first kappa shape index (κ1) is 7.58. The van der Waals surface area contributed by atoms with Crippen LogP contribution >= 0.6 is 0 Å². The molecule has 1 amide bonds. The van der Waals surface area contributed by atoms with Crippen LogP contribution in [0.1, 0.15) is 32.6 Å². The summed E-state index contributed by atoms with van der Waals surface area (Å²) in [7, 11) is 0. The lowest BCUT2D eigenvalue weighted by atomic mass is 9.80. The summed E-state index contributed by atoms with van der Waals surface area (Å²) in [6, 6.07) is 0. The molecule has 1 rings (SSSR count). The van der Waals surface area contributed by atoms with Crippen molar-refractivity contribution < 1.29 is 4.79 Å². The van der Waals surface area contributed by atoms with Crippen LogP contribution in [0, 0.1) is 11.8 Å². The van der Waals surface area contributed by atoms with Crippen LogP contribution < -0.4 is 5.73 Å². The zero-order valence-electron chi connectivity index (χ0n) is 6.47. The molecule has 0 aromatic carbocycles. The lowest BCUT2D eigenvalue weighted by Gasteiger charge is -2.25. The summed E-state index contributed by atoms with van der Waals surface area (Å²) in [5.74, 6) is 0.576. The standard InChI is InChI=1S/C8H15NO/c1-6-4-2-3-5-7(6)8(9)10/h6-7H,2-5H2,1H3,(H2,9,10)/t6-,7-/m1/s1. The van der Waals surface area contributed by atoms with Gasteiger partial charge in [-0.1, -0.05) is 19.8 Å². The van der Waals surface area contributed by atoms with Crippen LogP contribution in [0.3, 0.4) is 0 Å². The van der Waals surface area contributed by atoms with Gasteiger partial charge in [0.25, 0.3) is 0 Å². The average molecular weight is 141 g/mol. The van der Waals surface area contributed by atoms with Crippen molar-refractivity contribution in [2.45, 2.75) is 32.6 Å². The van der Waals surface area contributed by atoms with Gasteiger partial charge < -0.3 is 5.73 Å². The Balaban J connectivity index is 2.47. The Labute approximate surface area is 61.8 Å². The highest BCUT2D eigenvalue weighted by Gasteiger charge is 2.25. The van der Waals surface area contributed by atoms with Crippen LogP contribution in [-0.4, -0.2) is 5.91 Å². The van der Waals surface area contributed by atoms with Crippen molar-refractivity contribution in [2.75, 3.05) is 0 Å². The predicted octanol–water partition coefficient (Wildman–Crippen LogP) is 1.30. The van der Waals surface area contributed by atoms with E-state index in [0.29, 0.717) is 5.92 Å². The fourth-order valence-corrected chi connectivity index (χ4v) is 1.74. The number of hydrogen-bond acceptors (Lipinski definition) is 1. The molecule has 10 heavy (non-hydrogen) atoms. The maximum atomic E-state index is 10.8. The summed E-state index contributed by atoms with van der Waals surface area (Å²) >= 11 is 0. The van der Waals surface area contributed by atoms with E-state index in [1.807, 2.05) is 0 Å². The smallest absolute Gasteiger partial charge is 0.220 e. The van der Waals surface area contributed by atoms with E-state index in [-0.39, 0.29) is 11.8 Å². The lowest BCUT2D eigenvalue weighted by molar-refractivity contribution is -0.124. The summed E-state index contributed by atoms with van der Waals surface area (Å²) in [6.07, 6.45) is 4.63. The molecule has 2 atom stereocenters. The molecule has 0 aromatic heterocycles. The average Bonchev–Trinajstić information content (AvgIpc) is 1.88. The molecule has 2 N–H and O–H groups in total. The van der Waals surface area contributed by atoms with E-state index < -0.39 is 0 Å². The van der Waals surface area contributed by atoms with Gasteiger partial charge in [0.2, 0.25) is 5.91 Å². The van der Waals surface area contributed by atoms with Crippen LogP contribution in [0.5, 0.6) is 0 Å². The molecule has 1 aliphatic rings. The van der Waals surface area contributed by atoms with E-state index in [9.17, 15) is 4.79 Å². The predicted molar refractivity (Wildman–Crippen MR) is 40.3 cm³/mol. The van der Waals surface area contributed by atoms with Crippen LogP contribution in [0.15, 0.2) is 0 Å². The second kappa shape index (κ2) is 3.04.